The van der Waals surface area contributed by atoms with E-state index in [0.717, 1.165) is 10.9 Å². The molecule has 1 aromatic heterocycles. The van der Waals surface area contributed by atoms with Crippen LogP contribution in [0.15, 0.2) is 53.6 Å². The number of H-pyrrole nitrogens is 1. The number of sulfone groups is 1. The Morgan fingerprint density at radius 3 is 2.28 bits per heavy atom. The Balaban J connectivity index is 2.22. The summed E-state index contributed by atoms with van der Waals surface area (Å²) in [4.78, 5) is 3.62. The van der Waals surface area contributed by atoms with Gasteiger partial charge in [0.05, 0.1) is 4.90 Å². The van der Waals surface area contributed by atoms with Crippen LogP contribution in [-0.4, -0.2) is 19.7 Å². The third-order valence-corrected chi connectivity index (χ3v) is 7.07. The molecule has 0 aliphatic heterocycles. The highest BCUT2D eigenvalue weighted by atomic mass is 127. The summed E-state index contributed by atoms with van der Waals surface area (Å²) in [6.45, 7) is 6.70. The fourth-order valence-electron chi connectivity index (χ4n) is 3.36. The monoisotopic (exact) mass is 467 g/mol. The van der Waals surface area contributed by atoms with Gasteiger partial charge in [-0.1, -0.05) is 39.0 Å². The molecular weight excluding hydrogens is 445 g/mol. The second-order valence-corrected chi connectivity index (χ2v) is 10.3. The molecule has 0 bridgehead atoms. The molecule has 25 heavy (non-hydrogen) atoms. The Morgan fingerprint density at radius 2 is 1.72 bits per heavy atom. The summed E-state index contributed by atoms with van der Waals surface area (Å²) in [6, 6.07) is 14.0. The van der Waals surface area contributed by atoms with Crippen molar-refractivity contribution < 1.29 is 8.42 Å². The molecule has 5 heteroatoms. The maximum atomic E-state index is 11.8. The van der Waals surface area contributed by atoms with Crippen LogP contribution in [0.1, 0.15) is 31.9 Å². The van der Waals surface area contributed by atoms with E-state index < -0.39 is 9.84 Å². The van der Waals surface area contributed by atoms with Gasteiger partial charge in [0, 0.05) is 32.3 Å². The highest BCUT2D eigenvalue weighted by Gasteiger charge is 2.34. The van der Waals surface area contributed by atoms with E-state index in [1.807, 2.05) is 12.3 Å². The topological polar surface area (TPSA) is 49.9 Å². The van der Waals surface area contributed by atoms with Crippen LogP contribution < -0.4 is 0 Å². The van der Waals surface area contributed by atoms with Gasteiger partial charge in [0.15, 0.2) is 9.84 Å². The van der Waals surface area contributed by atoms with E-state index in [-0.39, 0.29) is 5.41 Å². The molecule has 1 unspecified atom stereocenters. The van der Waals surface area contributed by atoms with Crippen LogP contribution in [0.3, 0.4) is 0 Å². The number of rotatable bonds is 4. The zero-order valence-corrected chi connectivity index (χ0v) is 17.8. The SMILES string of the molecule is CC(C)C(C)(c1ccc(I)cc1)c1c[nH]c2cc(S(C)(=O)=O)ccc12. The summed E-state index contributed by atoms with van der Waals surface area (Å²) in [5, 5.41) is 1.07. The summed E-state index contributed by atoms with van der Waals surface area (Å²) >= 11 is 2.32. The van der Waals surface area contributed by atoms with Gasteiger partial charge in [-0.3, -0.25) is 0 Å². The molecule has 3 rings (SSSR count). The first kappa shape index (κ1) is 18.5. The average Bonchev–Trinajstić information content (AvgIpc) is 2.97. The number of hydrogen-bond donors (Lipinski definition) is 1. The van der Waals surface area contributed by atoms with E-state index in [0.29, 0.717) is 10.8 Å². The number of aromatic nitrogens is 1. The molecule has 1 heterocycles. The Hall–Kier alpha value is -1.34. The van der Waals surface area contributed by atoms with Gasteiger partial charge in [0.1, 0.15) is 0 Å². The van der Waals surface area contributed by atoms with Crippen molar-refractivity contribution in [2.75, 3.05) is 6.26 Å². The van der Waals surface area contributed by atoms with E-state index in [4.69, 9.17) is 0 Å². The van der Waals surface area contributed by atoms with E-state index in [1.54, 1.807) is 12.1 Å². The number of aromatic amines is 1. The lowest BCUT2D eigenvalue weighted by Crippen LogP contribution is -2.29. The molecule has 3 nitrogen and oxygen atoms in total. The molecule has 1 N–H and O–H groups in total. The molecule has 0 radical (unpaired) electrons. The number of nitrogens with one attached hydrogen (secondary N) is 1. The van der Waals surface area contributed by atoms with Crippen LogP contribution in [0.25, 0.3) is 10.9 Å². The second kappa shape index (κ2) is 6.43. The summed E-state index contributed by atoms with van der Waals surface area (Å²) in [5.41, 5.74) is 3.14. The molecule has 2 aromatic carbocycles. The quantitative estimate of drug-likeness (QED) is 0.541. The van der Waals surface area contributed by atoms with Crippen molar-refractivity contribution in [3.63, 3.8) is 0 Å². The van der Waals surface area contributed by atoms with Gasteiger partial charge in [-0.05, 0) is 63.9 Å². The normalized spacial score (nSPS) is 14.8. The van der Waals surface area contributed by atoms with E-state index in [2.05, 4.69) is 72.6 Å². The Bertz CT molecular complexity index is 1020. The predicted octanol–water partition coefficient (Wildman–Crippen LogP) is 5.14. The summed E-state index contributed by atoms with van der Waals surface area (Å²) < 4.78 is 24.9. The summed E-state index contributed by atoms with van der Waals surface area (Å²) in [7, 11) is -3.21. The number of benzene rings is 2. The maximum Gasteiger partial charge on any atom is 0.175 e. The van der Waals surface area contributed by atoms with Crippen LogP contribution in [-0.2, 0) is 15.3 Å². The number of hydrogen-bond acceptors (Lipinski definition) is 2. The third kappa shape index (κ3) is 3.24. The van der Waals surface area contributed by atoms with Crippen molar-refractivity contribution in [1.82, 2.24) is 4.98 Å². The van der Waals surface area contributed by atoms with Gasteiger partial charge < -0.3 is 4.98 Å². The molecule has 0 saturated heterocycles. The van der Waals surface area contributed by atoms with Crippen molar-refractivity contribution in [1.29, 1.82) is 0 Å². The molecule has 0 fully saturated rings. The van der Waals surface area contributed by atoms with Gasteiger partial charge in [-0.25, -0.2) is 8.42 Å². The van der Waals surface area contributed by atoms with Crippen LogP contribution >= 0.6 is 22.6 Å². The van der Waals surface area contributed by atoms with Crippen LogP contribution in [0.5, 0.6) is 0 Å². The largest absolute Gasteiger partial charge is 0.361 e. The van der Waals surface area contributed by atoms with Crippen LogP contribution in [0, 0.1) is 9.49 Å². The Kier molecular flexibility index (Phi) is 4.75. The lowest BCUT2D eigenvalue weighted by molar-refractivity contribution is 0.408. The van der Waals surface area contributed by atoms with Crippen molar-refractivity contribution in [3.8, 4) is 0 Å². The molecule has 3 aromatic rings. The molecule has 0 aliphatic carbocycles. The Morgan fingerprint density at radius 1 is 1.08 bits per heavy atom. The van der Waals surface area contributed by atoms with Crippen molar-refractivity contribution in [3.05, 3.63) is 63.4 Å². The minimum atomic E-state index is -3.21. The maximum absolute atomic E-state index is 11.8. The molecule has 0 amide bonds. The minimum Gasteiger partial charge on any atom is -0.361 e. The van der Waals surface area contributed by atoms with E-state index in [9.17, 15) is 8.42 Å². The molecule has 0 saturated carbocycles. The van der Waals surface area contributed by atoms with Crippen molar-refractivity contribution in [2.45, 2.75) is 31.1 Å². The zero-order chi connectivity index (χ0) is 18.4. The number of halogens is 1. The van der Waals surface area contributed by atoms with Gasteiger partial charge in [-0.2, -0.15) is 0 Å². The van der Waals surface area contributed by atoms with Gasteiger partial charge in [-0.15, -0.1) is 0 Å². The molecule has 0 spiro atoms. The summed E-state index contributed by atoms with van der Waals surface area (Å²) in [5.74, 6) is 0.376. The highest BCUT2D eigenvalue weighted by molar-refractivity contribution is 14.1. The van der Waals surface area contributed by atoms with Crippen LogP contribution in [0.4, 0.5) is 0 Å². The first-order valence-corrected chi connectivity index (χ1v) is 11.2. The molecule has 0 aliphatic rings. The fourth-order valence-corrected chi connectivity index (χ4v) is 4.37. The summed E-state index contributed by atoms with van der Waals surface area (Å²) in [6.07, 6.45) is 3.26. The number of fused-ring (bicyclic) bond motifs is 1. The molecule has 1 atom stereocenters. The zero-order valence-electron chi connectivity index (χ0n) is 14.8. The fraction of sp³-hybridized carbons (Fsp3) is 0.300. The first-order chi connectivity index (χ1) is 11.6. The lowest BCUT2D eigenvalue weighted by Gasteiger charge is -2.34. The van der Waals surface area contributed by atoms with Gasteiger partial charge in [0.2, 0.25) is 0 Å². The minimum absolute atomic E-state index is 0.171. The second-order valence-electron chi connectivity index (χ2n) is 7.05. The predicted molar refractivity (Wildman–Crippen MR) is 112 cm³/mol. The van der Waals surface area contributed by atoms with Crippen LogP contribution in [0.2, 0.25) is 0 Å². The lowest BCUT2D eigenvalue weighted by atomic mass is 9.68. The third-order valence-electron chi connectivity index (χ3n) is 5.24. The van der Waals surface area contributed by atoms with Crippen molar-refractivity contribution >= 4 is 43.3 Å². The van der Waals surface area contributed by atoms with Gasteiger partial charge >= 0.3 is 0 Å². The van der Waals surface area contributed by atoms with Gasteiger partial charge in [0.25, 0.3) is 0 Å². The van der Waals surface area contributed by atoms with E-state index >= 15 is 0 Å². The first-order valence-electron chi connectivity index (χ1n) is 8.21. The smallest absolute Gasteiger partial charge is 0.175 e. The average molecular weight is 467 g/mol. The van der Waals surface area contributed by atoms with Crippen molar-refractivity contribution in [2.24, 2.45) is 5.92 Å². The highest BCUT2D eigenvalue weighted by Crippen LogP contribution is 2.42. The van der Waals surface area contributed by atoms with E-state index in [1.165, 1.54) is 21.0 Å². The molecule has 132 valence electrons. The standard InChI is InChI=1S/C20H22INO2S/c1-13(2)20(3,14-5-7-15(21)8-6-14)18-12-22-19-11-16(25(4,23)24)9-10-17(18)19/h5-13,22H,1-4H3. The molecular formula is C20H22INO2S. The Labute approximate surface area is 162 Å².